The molecule has 0 rings (SSSR count). The molecule has 0 atom stereocenters. The molecule has 0 heterocycles. The van der Waals surface area contributed by atoms with Crippen molar-refractivity contribution in [1.29, 1.82) is 0 Å². The molecular weight excluding hydrogens is 248 g/mol. The standard InChI is InChI=1S/C14H19Br/c1-6-13(10-15)9-14(12(4)5)8-7-11(2)3/h6-9H,1-2,10H2,3-5H3/b8-7-,13-9+. The van der Waals surface area contributed by atoms with E-state index in [9.17, 15) is 0 Å². The Kier molecular flexibility index (Phi) is 7.06. The SMILES string of the molecule is C=C/C(=C\C(/C=C\C(=C)C)=C(C)C)CBr. The van der Waals surface area contributed by atoms with E-state index in [1.165, 1.54) is 16.7 Å². The van der Waals surface area contributed by atoms with Crippen molar-refractivity contribution >= 4 is 15.9 Å². The highest BCUT2D eigenvalue weighted by Gasteiger charge is 1.94. The molecule has 0 saturated heterocycles. The zero-order valence-electron chi connectivity index (χ0n) is 9.81. The Bertz CT molecular complexity index is 323. The van der Waals surface area contributed by atoms with E-state index in [0.717, 1.165) is 10.9 Å². The van der Waals surface area contributed by atoms with Gasteiger partial charge in [0.1, 0.15) is 0 Å². The third kappa shape index (κ3) is 6.29. The van der Waals surface area contributed by atoms with Gasteiger partial charge >= 0.3 is 0 Å². The quantitative estimate of drug-likeness (QED) is 0.487. The van der Waals surface area contributed by atoms with Crippen LogP contribution >= 0.6 is 15.9 Å². The molecule has 0 nitrogen and oxygen atoms in total. The molecule has 0 unspecified atom stereocenters. The average molecular weight is 267 g/mol. The van der Waals surface area contributed by atoms with Gasteiger partial charge in [-0.25, -0.2) is 0 Å². The van der Waals surface area contributed by atoms with Crippen molar-refractivity contribution in [3.63, 3.8) is 0 Å². The van der Waals surface area contributed by atoms with Crippen molar-refractivity contribution in [3.8, 4) is 0 Å². The minimum atomic E-state index is 0.828. The van der Waals surface area contributed by atoms with Gasteiger partial charge in [0.15, 0.2) is 0 Å². The zero-order chi connectivity index (χ0) is 11.8. The third-order valence-corrected chi connectivity index (χ3v) is 2.53. The van der Waals surface area contributed by atoms with Gasteiger partial charge in [-0.1, -0.05) is 64.5 Å². The highest BCUT2D eigenvalue weighted by molar-refractivity contribution is 9.09. The summed E-state index contributed by atoms with van der Waals surface area (Å²) in [7, 11) is 0. The maximum atomic E-state index is 3.85. The van der Waals surface area contributed by atoms with Crippen LogP contribution in [0.3, 0.4) is 0 Å². The lowest BCUT2D eigenvalue weighted by molar-refractivity contribution is 1.33. The molecule has 0 aliphatic carbocycles. The van der Waals surface area contributed by atoms with Gasteiger partial charge in [-0.3, -0.25) is 0 Å². The predicted molar refractivity (Wildman–Crippen MR) is 74.4 cm³/mol. The predicted octanol–water partition coefficient (Wildman–Crippen LogP) is 4.96. The lowest BCUT2D eigenvalue weighted by Crippen LogP contribution is -1.83. The highest BCUT2D eigenvalue weighted by Crippen LogP contribution is 2.13. The largest absolute Gasteiger partial charge is 0.0988 e. The fourth-order valence-corrected chi connectivity index (χ4v) is 1.33. The van der Waals surface area contributed by atoms with Crippen molar-refractivity contribution in [2.24, 2.45) is 0 Å². The summed E-state index contributed by atoms with van der Waals surface area (Å²) >= 11 is 3.43. The van der Waals surface area contributed by atoms with E-state index < -0.39 is 0 Å². The van der Waals surface area contributed by atoms with Crippen LogP contribution in [0.15, 0.2) is 59.8 Å². The minimum absolute atomic E-state index is 0.828. The van der Waals surface area contributed by atoms with Crippen molar-refractivity contribution in [3.05, 3.63) is 59.8 Å². The van der Waals surface area contributed by atoms with E-state index in [4.69, 9.17) is 0 Å². The molecule has 82 valence electrons. The summed E-state index contributed by atoms with van der Waals surface area (Å²) in [4.78, 5) is 0. The monoisotopic (exact) mass is 266 g/mol. The second kappa shape index (κ2) is 7.47. The van der Waals surface area contributed by atoms with Gasteiger partial charge in [-0.2, -0.15) is 0 Å². The van der Waals surface area contributed by atoms with Crippen LogP contribution in [0.4, 0.5) is 0 Å². The molecule has 1 heteroatoms. The molecule has 0 saturated carbocycles. The minimum Gasteiger partial charge on any atom is -0.0988 e. The van der Waals surface area contributed by atoms with Crippen molar-refractivity contribution in [1.82, 2.24) is 0 Å². The van der Waals surface area contributed by atoms with E-state index in [1.807, 2.05) is 19.1 Å². The first-order chi connectivity index (χ1) is 7.01. The summed E-state index contributed by atoms with van der Waals surface area (Å²) in [5, 5.41) is 0.828. The van der Waals surface area contributed by atoms with Gasteiger partial charge < -0.3 is 0 Å². The van der Waals surface area contributed by atoms with Crippen LogP contribution in [-0.4, -0.2) is 5.33 Å². The van der Waals surface area contributed by atoms with Gasteiger partial charge in [0.25, 0.3) is 0 Å². The van der Waals surface area contributed by atoms with Crippen molar-refractivity contribution in [2.45, 2.75) is 20.8 Å². The highest BCUT2D eigenvalue weighted by atomic mass is 79.9. The Morgan fingerprint density at radius 3 is 2.13 bits per heavy atom. The van der Waals surface area contributed by atoms with Crippen LogP contribution < -0.4 is 0 Å². The van der Waals surface area contributed by atoms with E-state index in [2.05, 4.69) is 55.1 Å². The first-order valence-electron chi connectivity index (χ1n) is 4.91. The van der Waals surface area contributed by atoms with E-state index >= 15 is 0 Å². The summed E-state index contributed by atoms with van der Waals surface area (Å²) < 4.78 is 0. The van der Waals surface area contributed by atoms with Gasteiger partial charge in [0.2, 0.25) is 0 Å². The molecule has 0 aliphatic rings. The lowest BCUT2D eigenvalue weighted by Gasteiger charge is -2.01. The van der Waals surface area contributed by atoms with E-state index in [1.54, 1.807) is 0 Å². The number of halogens is 1. The zero-order valence-corrected chi connectivity index (χ0v) is 11.4. The van der Waals surface area contributed by atoms with Crippen LogP contribution in [0.2, 0.25) is 0 Å². The number of rotatable bonds is 5. The Balaban J connectivity index is 5.03. The summed E-state index contributed by atoms with van der Waals surface area (Å²) in [6.07, 6.45) is 8.11. The molecule has 0 aliphatic heterocycles. The van der Waals surface area contributed by atoms with Gasteiger partial charge in [0, 0.05) is 5.33 Å². The summed E-state index contributed by atoms with van der Waals surface area (Å²) in [5.74, 6) is 0. The Labute approximate surface area is 102 Å². The molecule has 0 aromatic carbocycles. The van der Waals surface area contributed by atoms with Crippen molar-refractivity contribution in [2.75, 3.05) is 5.33 Å². The van der Waals surface area contributed by atoms with Crippen LogP contribution in [0.25, 0.3) is 0 Å². The number of alkyl halides is 1. The number of hydrogen-bond acceptors (Lipinski definition) is 0. The van der Waals surface area contributed by atoms with Gasteiger partial charge in [-0.05, 0) is 31.9 Å². The molecular formula is C14H19Br. The molecule has 0 aromatic rings. The summed E-state index contributed by atoms with van der Waals surface area (Å²) in [6.45, 7) is 13.8. The van der Waals surface area contributed by atoms with Gasteiger partial charge in [0.05, 0.1) is 0 Å². The number of allylic oxidation sites excluding steroid dienone is 8. The van der Waals surface area contributed by atoms with Crippen molar-refractivity contribution < 1.29 is 0 Å². The fourth-order valence-electron chi connectivity index (χ4n) is 0.943. The smallest absolute Gasteiger partial charge is 0.0283 e. The molecule has 0 amide bonds. The second-order valence-corrected chi connectivity index (χ2v) is 4.25. The molecule has 0 spiro atoms. The number of hydrogen-bond donors (Lipinski definition) is 0. The molecule has 0 fully saturated rings. The van der Waals surface area contributed by atoms with Crippen LogP contribution in [0, 0.1) is 0 Å². The molecule has 15 heavy (non-hydrogen) atoms. The Morgan fingerprint density at radius 1 is 1.20 bits per heavy atom. The van der Waals surface area contributed by atoms with Crippen LogP contribution in [0.1, 0.15) is 20.8 Å². The Morgan fingerprint density at radius 2 is 1.80 bits per heavy atom. The Hall–Kier alpha value is -0.820. The molecule has 0 aromatic heterocycles. The molecule has 0 bridgehead atoms. The first kappa shape index (κ1) is 14.2. The van der Waals surface area contributed by atoms with Crippen LogP contribution in [-0.2, 0) is 0 Å². The van der Waals surface area contributed by atoms with Gasteiger partial charge in [-0.15, -0.1) is 0 Å². The van der Waals surface area contributed by atoms with E-state index in [-0.39, 0.29) is 0 Å². The fraction of sp³-hybridized carbons (Fsp3) is 0.286. The maximum Gasteiger partial charge on any atom is 0.0283 e. The van der Waals surface area contributed by atoms with E-state index in [0.29, 0.717) is 0 Å². The topological polar surface area (TPSA) is 0 Å². The third-order valence-electron chi connectivity index (χ3n) is 1.88. The normalized spacial score (nSPS) is 11.6. The van der Waals surface area contributed by atoms with Crippen LogP contribution in [0.5, 0.6) is 0 Å². The molecule has 0 N–H and O–H groups in total. The second-order valence-electron chi connectivity index (χ2n) is 3.69. The maximum absolute atomic E-state index is 3.85. The summed E-state index contributed by atoms with van der Waals surface area (Å²) in [6, 6.07) is 0. The lowest BCUT2D eigenvalue weighted by atomic mass is 10.1. The first-order valence-corrected chi connectivity index (χ1v) is 6.03. The molecule has 0 radical (unpaired) electrons. The summed E-state index contributed by atoms with van der Waals surface area (Å²) in [5.41, 5.74) is 4.74. The average Bonchev–Trinajstić information content (AvgIpc) is 2.17.